The highest BCUT2D eigenvalue weighted by molar-refractivity contribution is 6.24. The van der Waals surface area contributed by atoms with Crippen LogP contribution in [0.25, 0.3) is 11.6 Å². The van der Waals surface area contributed by atoms with Crippen molar-refractivity contribution in [3.63, 3.8) is 0 Å². The van der Waals surface area contributed by atoms with E-state index in [1.54, 1.807) is 16.9 Å². The highest BCUT2D eigenvalue weighted by atomic mass is 19.1. The number of benzene rings is 2. The summed E-state index contributed by atoms with van der Waals surface area (Å²) in [5.74, 6) is -1.08. The number of halogens is 1. The summed E-state index contributed by atoms with van der Waals surface area (Å²) in [6.45, 7) is 4.33. The maximum absolute atomic E-state index is 13.5. The topological polar surface area (TPSA) is 72.9 Å². The fourth-order valence-electron chi connectivity index (χ4n) is 2.45. The van der Waals surface area contributed by atoms with Gasteiger partial charge in [0.25, 0.3) is 5.91 Å². The summed E-state index contributed by atoms with van der Waals surface area (Å²) < 4.78 is 15.2. The van der Waals surface area contributed by atoms with Gasteiger partial charge >= 0.3 is 0 Å². The second-order valence-corrected chi connectivity index (χ2v) is 5.87. The maximum atomic E-state index is 13.5. The lowest BCUT2D eigenvalue weighted by molar-refractivity contribution is -0.111. The van der Waals surface area contributed by atoms with Gasteiger partial charge in [-0.15, -0.1) is 0 Å². The number of allylic oxidation sites excluding steroid dienone is 1. The van der Waals surface area contributed by atoms with Gasteiger partial charge in [-0.2, -0.15) is 5.10 Å². The minimum atomic E-state index is -0.590. The molecule has 0 unspecified atom stereocenters. The molecule has 0 radical (unpaired) electrons. The van der Waals surface area contributed by atoms with E-state index in [1.807, 2.05) is 42.5 Å². The third kappa shape index (κ3) is 4.49. The molecule has 3 rings (SSSR count). The number of nitrogen functional groups attached to an aromatic ring is 1. The summed E-state index contributed by atoms with van der Waals surface area (Å²) in [5, 5.41) is 6.90. The van der Waals surface area contributed by atoms with Crippen molar-refractivity contribution in [1.82, 2.24) is 9.78 Å². The first-order valence-electron chi connectivity index (χ1n) is 8.34. The van der Waals surface area contributed by atoms with Gasteiger partial charge in [0.05, 0.1) is 29.2 Å². The standard InChI is InChI=1S/C21H19FN4O/c1-15(21(27)24-19-11-5-10-17(22)20(19)23)18-12-14-26(25-18)13-6-9-16-7-3-2-4-8-16/h2-12,14H,1,13,23H2,(H,24,27)/b9-6+. The number of nitrogens with zero attached hydrogens (tertiary/aromatic N) is 2. The molecular formula is C21H19FN4O. The van der Waals surface area contributed by atoms with Crippen LogP contribution < -0.4 is 11.1 Å². The van der Waals surface area contributed by atoms with E-state index in [2.05, 4.69) is 17.0 Å². The molecule has 6 heteroatoms. The fraction of sp³-hybridized carbons (Fsp3) is 0.0476. The summed E-state index contributed by atoms with van der Waals surface area (Å²) in [6, 6.07) is 15.8. The van der Waals surface area contributed by atoms with Crippen molar-refractivity contribution in [3.05, 3.63) is 90.5 Å². The van der Waals surface area contributed by atoms with Crippen molar-refractivity contribution in [2.24, 2.45) is 0 Å². The fourth-order valence-corrected chi connectivity index (χ4v) is 2.45. The molecule has 0 aliphatic rings. The molecule has 0 spiro atoms. The van der Waals surface area contributed by atoms with Crippen LogP contribution in [0, 0.1) is 5.82 Å². The maximum Gasteiger partial charge on any atom is 0.257 e. The van der Waals surface area contributed by atoms with Crippen LogP contribution in [0.1, 0.15) is 11.3 Å². The molecule has 136 valence electrons. The third-order valence-corrected chi connectivity index (χ3v) is 3.93. The number of anilines is 2. The van der Waals surface area contributed by atoms with E-state index in [0.717, 1.165) is 5.56 Å². The molecule has 0 saturated heterocycles. The number of rotatable bonds is 6. The lowest BCUT2D eigenvalue weighted by atomic mass is 10.2. The van der Waals surface area contributed by atoms with Gasteiger partial charge in [0.15, 0.2) is 0 Å². The van der Waals surface area contributed by atoms with Gasteiger partial charge in [0.2, 0.25) is 0 Å². The number of carbonyl (C=O) groups is 1. The second kappa shape index (κ2) is 8.14. The predicted octanol–water partition coefficient (Wildman–Crippen LogP) is 3.97. The van der Waals surface area contributed by atoms with Crippen LogP contribution in [0.4, 0.5) is 15.8 Å². The third-order valence-electron chi connectivity index (χ3n) is 3.93. The second-order valence-electron chi connectivity index (χ2n) is 5.87. The average Bonchev–Trinajstić information content (AvgIpc) is 3.14. The smallest absolute Gasteiger partial charge is 0.257 e. The van der Waals surface area contributed by atoms with Gasteiger partial charge in [-0.3, -0.25) is 9.48 Å². The van der Waals surface area contributed by atoms with Crippen molar-refractivity contribution >= 4 is 28.9 Å². The SMILES string of the molecule is C=C(C(=O)Nc1cccc(F)c1N)c1ccn(C/C=C/c2ccccc2)n1. The zero-order chi connectivity index (χ0) is 19.2. The lowest BCUT2D eigenvalue weighted by Gasteiger charge is -2.09. The highest BCUT2D eigenvalue weighted by Crippen LogP contribution is 2.22. The minimum absolute atomic E-state index is 0.116. The normalized spacial score (nSPS) is 10.9. The highest BCUT2D eigenvalue weighted by Gasteiger charge is 2.14. The molecule has 0 aliphatic carbocycles. The number of para-hydroxylation sites is 1. The summed E-state index contributed by atoms with van der Waals surface area (Å²) in [5.41, 5.74) is 7.42. The van der Waals surface area contributed by atoms with Gasteiger partial charge in [0.1, 0.15) is 5.82 Å². The summed E-state index contributed by atoms with van der Waals surface area (Å²) in [6.07, 6.45) is 5.73. The number of hydrogen-bond acceptors (Lipinski definition) is 3. The number of aromatic nitrogens is 2. The molecule has 1 amide bonds. The molecule has 0 atom stereocenters. The Bertz CT molecular complexity index is 992. The number of carbonyl (C=O) groups excluding carboxylic acids is 1. The number of nitrogens with one attached hydrogen (secondary N) is 1. The molecule has 0 bridgehead atoms. The Labute approximate surface area is 156 Å². The first-order chi connectivity index (χ1) is 13.0. The van der Waals surface area contributed by atoms with Gasteiger partial charge < -0.3 is 11.1 Å². The monoisotopic (exact) mass is 362 g/mol. The largest absolute Gasteiger partial charge is 0.395 e. The van der Waals surface area contributed by atoms with Crippen LogP contribution >= 0.6 is 0 Å². The Morgan fingerprint density at radius 3 is 2.74 bits per heavy atom. The minimum Gasteiger partial charge on any atom is -0.395 e. The lowest BCUT2D eigenvalue weighted by Crippen LogP contribution is -2.15. The van der Waals surface area contributed by atoms with Crippen molar-refractivity contribution in [2.75, 3.05) is 11.1 Å². The molecule has 5 nitrogen and oxygen atoms in total. The Kier molecular flexibility index (Phi) is 5.47. The Hall–Kier alpha value is -3.67. The zero-order valence-corrected chi connectivity index (χ0v) is 14.6. The summed E-state index contributed by atoms with van der Waals surface area (Å²) in [4.78, 5) is 12.3. The van der Waals surface area contributed by atoms with E-state index in [-0.39, 0.29) is 16.9 Å². The zero-order valence-electron chi connectivity index (χ0n) is 14.6. The molecule has 3 aromatic rings. The Morgan fingerprint density at radius 1 is 1.19 bits per heavy atom. The molecule has 27 heavy (non-hydrogen) atoms. The summed E-state index contributed by atoms with van der Waals surface area (Å²) in [7, 11) is 0. The van der Waals surface area contributed by atoms with Crippen LogP contribution in [0.5, 0.6) is 0 Å². The Balaban J connectivity index is 1.63. The quantitative estimate of drug-likeness (QED) is 0.515. The van der Waals surface area contributed by atoms with E-state index in [0.29, 0.717) is 12.2 Å². The summed E-state index contributed by atoms with van der Waals surface area (Å²) >= 11 is 0. The molecule has 0 fully saturated rings. The van der Waals surface area contributed by atoms with Crippen molar-refractivity contribution in [1.29, 1.82) is 0 Å². The average molecular weight is 362 g/mol. The van der Waals surface area contributed by atoms with E-state index < -0.39 is 11.7 Å². The van der Waals surface area contributed by atoms with E-state index in [1.165, 1.54) is 18.2 Å². The number of hydrogen-bond donors (Lipinski definition) is 2. The predicted molar refractivity (Wildman–Crippen MR) is 106 cm³/mol. The van der Waals surface area contributed by atoms with E-state index in [9.17, 15) is 9.18 Å². The molecule has 0 saturated carbocycles. The Morgan fingerprint density at radius 2 is 1.96 bits per heavy atom. The van der Waals surface area contributed by atoms with Gasteiger partial charge in [-0.1, -0.05) is 55.1 Å². The van der Waals surface area contributed by atoms with Crippen molar-refractivity contribution in [2.45, 2.75) is 6.54 Å². The molecule has 1 aromatic heterocycles. The molecule has 0 aliphatic heterocycles. The number of nitrogens with two attached hydrogens (primary N) is 1. The number of amides is 1. The van der Waals surface area contributed by atoms with Crippen LogP contribution in [0.2, 0.25) is 0 Å². The molecule has 3 N–H and O–H groups in total. The first-order valence-corrected chi connectivity index (χ1v) is 8.34. The molecular weight excluding hydrogens is 343 g/mol. The van der Waals surface area contributed by atoms with Crippen molar-refractivity contribution < 1.29 is 9.18 Å². The van der Waals surface area contributed by atoms with E-state index >= 15 is 0 Å². The van der Waals surface area contributed by atoms with E-state index in [4.69, 9.17) is 5.73 Å². The first kappa shape index (κ1) is 18.1. The van der Waals surface area contributed by atoms with Crippen molar-refractivity contribution in [3.8, 4) is 0 Å². The van der Waals surface area contributed by atoms with Gasteiger partial charge in [-0.05, 0) is 23.8 Å². The molecule has 2 aromatic carbocycles. The van der Waals surface area contributed by atoms with Crippen LogP contribution in [-0.2, 0) is 11.3 Å². The van der Waals surface area contributed by atoms with Crippen LogP contribution in [0.15, 0.2) is 73.4 Å². The van der Waals surface area contributed by atoms with Gasteiger partial charge in [-0.25, -0.2) is 4.39 Å². The van der Waals surface area contributed by atoms with Crippen LogP contribution in [-0.4, -0.2) is 15.7 Å². The molecule has 1 heterocycles. The van der Waals surface area contributed by atoms with Gasteiger partial charge in [0, 0.05) is 6.20 Å². The van der Waals surface area contributed by atoms with Crippen LogP contribution in [0.3, 0.4) is 0 Å².